The summed E-state index contributed by atoms with van der Waals surface area (Å²) in [5, 5.41) is -0.789. The molecule has 1 aliphatic carbocycles. The van der Waals surface area contributed by atoms with Gasteiger partial charge in [-0.25, -0.2) is 0 Å². The second-order valence-corrected chi connectivity index (χ2v) is 3.97. The van der Waals surface area contributed by atoms with Crippen LogP contribution in [0, 0.1) is 0 Å². The fourth-order valence-corrected chi connectivity index (χ4v) is 1.67. The van der Waals surface area contributed by atoms with Gasteiger partial charge in [0.2, 0.25) is 0 Å². The maximum Gasteiger partial charge on any atom is 0.271 e. The van der Waals surface area contributed by atoms with Gasteiger partial charge in [-0.15, -0.1) is 0 Å². The molecule has 2 atom stereocenters. The van der Waals surface area contributed by atoms with Gasteiger partial charge in [-0.05, 0) is 6.42 Å². The summed E-state index contributed by atoms with van der Waals surface area (Å²) >= 11 is 0. The second-order valence-electron chi connectivity index (χ2n) is 2.34. The summed E-state index contributed by atoms with van der Waals surface area (Å²) in [6, 6.07) is -0.230. The lowest BCUT2D eigenvalue weighted by Crippen LogP contribution is -2.22. The Bertz CT molecular complexity index is 244. The number of nitrogens with two attached hydrogens (primary N) is 1. The van der Waals surface area contributed by atoms with Crippen LogP contribution in [-0.4, -0.2) is 24.3 Å². The second kappa shape index (κ2) is 2.34. The molecule has 0 heterocycles. The third-order valence-electron chi connectivity index (χ3n) is 1.46. The van der Waals surface area contributed by atoms with Crippen molar-refractivity contribution < 1.29 is 13.0 Å². The third-order valence-corrected chi connectivity index (χ3v) is 2.57. The van der Waals surface area contributed by atoms with Crippen LogP contribution in [0.4, 0.5) is 0 Å². The van der Waals surface area contributed by atoms with Crippen molar-refractivity contribution in [2.45, 2.75) is 17.7 Å². The molecular formula is C5H9NO3S. The van der Waals surface area contributed by atoms with Crippen molar-refractivity contribution in [2.24, 2.45) is 5.73 Å². The highest BCUT2D eigenvalue weighted by Crippen LogP contribution is 2.15. The van der Waals surface area contributed by atoms with Crippen LogP contribution >= 0.6 is 0 Å². The molecule has 0 saturated carbocycles. The van der Waals surface area contributed by atoms with E-state index in [2.05, 4.69) is 0 Å². The van der Waals surface area contributed by atoms with E-state index >= 15 is 0 Å². The van der Waals surface area contributed by atoms with Crippen molar-refractivity contribution in [2.75, 3.05) is 0 Å². The zero-order valence-electron chi connectivity index (χ0n) is 5.27. The van der Waals surface area contributed by atoms with Crippen molar-refractivity contribution in [3.63, 3.8) is 0 Å². The molecule has 0 radical (unpaired) electrons. The van der Waals surface area contributed by atoms with E-state index in [4.69, 9.17) is 10.3 Å². The molecule has 0 unspecified atom stereocenters. The van der Waals surface area contributed by atoms with Gasteiger partial charge < -0.3 is 5.73 Å². The summed E-state index contributed by atoms with van der Waals surface area (Å²) < 4.78 is 29.4. The monoisotopic (exact) mass is 163 g/mol. The molecule has 0 amide bonds. The van der Waals surface area contributed by atoms with Gasteiger partial charge in [0.1, 0.15) is 5.25 Å². The minimum atomic E-state index is -3.90. The van der Waals surface area contributed by atoms with Crippen molar-refractivity contribution in [1.29, 1.82) is 0 Å². The van der Waals surface area contributed by atoms with Crippen LogP contribution in [0.3, 0.4) is 0 Å². The minimum Gasteiger partial charge on any atom is -0.324 e. The van der Waals surface area contributed by atoms with E-state index in [-0.39, 0.29) is 6.04 Å². The fourth-order valence-electron chi connectivity index (χ4n) is 0.913. The largest absolute Gasteiger partial charge is 0.324 e. The maximum atomic E-state index is 10.4. The first-order chi connectivity index (χ1) is 4.50. The highest BCUT2D eigenvalue weighted by Gasteiger charge is 2.25. The van der Waals surface area contributed by atoms with E-state index < -0.39 is 15.4 Å². The highest BCUT2D eigenvalue weighted by molar-refractivity contribution is 7.86. The van der Waals surface area contributed by atoms with Crippen LogP contribution in [-0.2, 0) is 10.1 Å². The number of hydrogen-bond donors (Lipinski definition) is 2. The Labute approximate surface area is 59.5 Å². The Morgan fingerprint density at radius 3 is 2.30 bits per heavy atom. The smallest absolute Gasteiger partial charge is 0.271 e. The zero-order valence-corrected chi connectivity index (χ0v) is 6.08. The van der Waals surface area contributed by atoms with E-state index in [9.17, 15) is 8.42 Å². The fraction of sp³-hybridized carbons (Fsp3) is 0.600. The van der Waals surface area contributed by atoms with E-state index in [1.54, 1.807) is 6.08 Å². The van der Waals surface area contributed by atoms with Gasteiger partial charge in [0.15, 0.2) is 0 Å². The van der Waals surface area contributed by atoms with Crippen LogP contribution in [0.5, 0.6) is 0 Å². The first-order valence-corrected chi connectivity index (χ1v) is 4.40. The lowest BCUT2D eigenvalue weighted by molar-refractivity contribution is 0.472. The van der Waals surface area contributed by atoms with E-state index in [1.165, 1.54) is 6.08 Å². The van der Waals surface area contributed by atoms with E-state index in [0.29, 0.717) is 6.42 Å². The SMILES string of the molecule is N[C@H]1C=C[C@@H](S(=O)(=O)O)C1. The molecule has 0 spiro atoms. The van der Waals surface area contributed by atoms with E-state index in [1.807, 2.05) is 0 Å². The average Bonchev–Trinajstić information content (AvgIpc) is 2.11. The van der Waals surface area contributed by atoms with Gasteiger partial charge in [0, 0.05) is 6.04 Å². The van der Waals surface area contributed by atoms with Gasteiger partial charge in [-0.2, -0.15) is 8.42 Å². The number of rotatable bonds is 1. The van der Waals surface area contributed by atoms with Crippen molar-refractivity contribution in [3.8, 4) is 0 Å². The molecular weight excluding hydrogens is 154 g/mol. The molecule has 0 aliphatic heterocycles. The van der Waals surface area contributed by atoms with Crippen LogP contribution in [0.15, 0.2) is 12.2 Å². The molecule has 0 aromatic rings. The van der Waals surface area contributed by atoms with Crippen LogP contribution in [0.25, 0.3) is 0 Å². The molecule has 3 N–H and O–H groups in total. The Kier molecular flexibility index (Phi) is 1.80. The molecule has 5 heteroatoms. The quantitative estimate of drug-likeness (QED) is 0.404. The Balaban J connectivity index is 2.73. The summed E-state index contributed by atoms with van der Waals surface area (Å²) in [5.41, 5.74) is 5.36. The molecule has 0 saturated heterocycles. The van der Waals surface area contributed by atoms with Gasteiger partial charge in [-0.1, -0.05) is 12.2 Å². The first kappa shape index (κ1) is 7.71. The van der Waals surface area contributed by atoms with Gasteiger partial charge in [0.05, 0.1) is 0 Å². The summed E-state index contributed by atoms with van der Waals surface area (Å²) in [7, 11) is -3.90. The molecule has 0 aromatic carbocycles. The summed E-state index contributed by atoms with van der Waals surface area (Å²) in [4.78, 5) is 0. The van der Waals surface area contributed by atoms with Crippen LogP contribution in [0.2, 0.25) is 0 Å². The topological polar surface area (TPSA) is 80.4 Å². The van der Waals surface area contributed by atoms with Gasteiger partial charge in [-0.3, -0.25) is 4.55 Å². The molecule has 58 valence electrons. The molecule has 4 nitrogen and oxygen atoms in total. The average molecular weight is 163 g/mol. The highest BCUT2D eigenvalue weighted by atomic mass is 32.2. The summed E-state index contributed by atoms with van der Waals surface area (Å²) in [6.07, 6.45) is 3.29. The predicted octanol–water partition coefficient (Wildman–Crippen LogP) is -0.470. The van der Waals surface area contributed by atoms with Crippen LogP contribution < -0.4 is 5.73 Å². The van der Waals surface area contributed by atoms with Gasteiger partial charge in [0.25, 0.3) is 10.1 Å². The Morgan fingerprint density at radius 1 is 1.50 bits per heavy atom. The molecule has 0 fully saturated rings. The number of hydrogen-bond acceptors (Lipinski definition) is 3. The molecule has 0 bridgehead atoms. The predicted molar refractivity (Wildman–Crippen MR) is 37.1 cm³/mol. The van der Waals surface area contributed by atoms with Gasteiger partial charge >= 0.3 is 0 Å². The maximum absolute atomic E-state index is 10.4. The standard InChI is InChI=1S/C5H9NO3S/c6-4-1-2-5(3-4)10(7,8)9/h1-2,4-5H,3,6H2,(H,7,8,9)/t4-,5+/m0/s1. The molecule has 0 aromatic heterocycles. The molecule has 1 aliphatic rings. The Morgan fingerprint density at radius 2 is 2.10 bits per heavy atom. The lowest BCUT2D eigenvalue weighted by atomic mass is 10.3. The first-order valence-electron chi connectivity index (χ1n) is 2.90. The normalized spacial score (nSPS) is 33.0. The minimum absolute atomic E-state index is 0.230. The van der Waals surface area contributed by atoms with Crippen molar-refractivity contribution >= 4 is 10.1 Å². The van der Waals surface area contributed by atoms with E-state index in [0.717, 1.165) is 0 Å². The molecule has 10 heavy (non-hydrogen) atoms. The van der Waals surface area contributed by atoms with Crippen LogP contribution in [0.1, 0.15) is 6.42 Å². The summed E-state index contributed by atoms with van der Waals surface area (Å²) in [5.74, 6) is 0. The molecule has 1 rings (SSSR count). The third kappa shape index (κ3) is 1.56. The van der Waals surface area contributed by atoms with Crippen molar-refractivity contribution in [3.05, 3.63) is 12.2 Å². The van der Waals surface area contributed by atoms with Crippen molar-refractivity contribution in [1.82, 2.24) is 0 Å². The zero-order chi connectivity index (χ0) is 7.78. The Hall–Kier alpha value is -0.390. The summed E-state index contributed by atoms with van der Waals surface area (Å²) in [6.45, 7) is 0. The lowest BCUT2D eigenvalue weighted by Gasteiger charge is -2.03.